The lowest BCUT2D eigenvalue weighted by molar-refractivity contribution is 0.615. The number of rotatable bonds is 0. The van der Waals surface area contributed by atoms with Gasteiger partial charge in [-0.1, -0.05) is 28.7 Å². The first-order valence-corrected chi connectivity index (χ1v) is 5.44. The van der Waals surface area contributed by atoms with Crippen molar-refractivity contribution in [3.63, 3.8) is 0 Å². The van der Waals surface area contributed by atoms with E-state index in [0.717, 1.165) is 6.42 Å². The molecule has 1 unspecified atom stereocenters. The summed E-state index contributed by atoms with van der Waals surface area (Å²) >= 11 is 2.40. The molecule has 1 aliphatic rings. The number of hydrogen-bond donors (Lipinski definition) is 0. The van der Waals surface area contributed by atoms with Crippen LogP contribution < -0.4 is 0 Å². The monoisotopic (exact) mass is 276 g/mol. The highest BCUT2D eigenvalue weighted by Crippen LogP contribution is 2.36. The van der Waals surface area contributed by atoms with Crippen LogP contribution in [-0.2, 0) is 6.42 Å². The lowest BCUT2D eigenvalue weighted by atomic mass is 9.92. The van der Waals surface area contributed by atoms with Crippen LogP contribution in [-0.4, -0.2) is 0 Å². The van der Waals surface area contributed by atoms with Gasteiger partial charge in [-0.15, -0.1) is 0 Å². The molecular weight excluding hydrogens is 266 g/mol. The summed E-state index contributed by atoms with van der Waals surface area (Å²) in [7, 11) is 0. The second-order valence-corrected chi connectivity index (χ2v) is 4.71. The average Bonchev–Trinajstić information content (AvgIpc) is 2.07. The Bertz CT molecular complexity index is 296. The zero-order chi connectivity index (χ0) is 8.55. The zero-order valence-electron chi connectivity index (χ0n) is 6.69. The normalized spacial score (nSPS) is 22.0. The van der Waals surface area contributed by atoms with Crippen LogP contribution in [0.15, 0.2) is 18.2 Å². The van der Waals surface area contributed by atoms with Gasteiger partial charge in [-0.25, -0.2) is 4.39 Å². The number of fused-ring (bicyclic) bond motifs is 1. The van der Waals surface area contributed by atoms with Crippen LogP contribution in [0.1, 0.15) is 27.9 Å². The van der Waals surface area contributed by atoms with E-state index in [9.17, 15) is 4.39 Å². The van der Waals surface area contributed by atoms with Gasteiger partial charge in [0.05, 0.1) is 0 Å². The standard InChI is InChI=1S/C10H10FI/c11-8-5-4-7-2-1-3-10(12)9(7)6-8/h4-6,10H,1-3H2. The van der Waals surface area contributed by atoms with Crippen molar-refractivity contribution >= 4 is 22.6 Å². The molecule has 64 valence electrons. The third-order valence-corrected chi connectivity index (χ3v) is 3.64. The van der Waals surface area contributed by atoms with E-state index in [1.54, 1.807) is 12.1 Å². The minimum absolute atomic E-state index is 0.0997. The van der Waals surface area contributed by atoms with Crippen molar-refractivity contribution in [3.05, 3.63) is 35.1 Å². The van der Waals surface area contributed by atoms with Crippen molar-refractivity contribution in [2.75, 3.05) is 0 Å². The zero-order valence-corrected chi connectivity index (χ0v) is 8.84. The van der Waals surface area contributed by atoms with Gasteiger partial charge in [0.2, 0.25) is 0 Å². The molecule has 0 spiro atoms. The Balaban J connectivity index is 2.47. The average molecular weight is 276 g/mol. The molecule has 0 fully saturated rings. The van der Waals surface area contributed by atoms with Crippen molar-refractivity contribution in [2.24, 2.45) is 0 Å². The number of aryl methyl sites for hydroxylation is 1. The number of halogens is 2. The quantitative estimate of drug-likeness (QED) is 0.501. The van der Waals surface area contributed by atoms with E-state index >= 15 is 0 Å². The topological polar surface area (TPSA) is 0 Å². The molecule has 2 heteroatoms. The molecule has 1 atom stereocenters. The SMILES string of the molecule is Fc1ccc2c(c1)C(I)CCC2. The molecule has 0 saturated carbocycles. The molecule has 1 aromatic rings. The van der Waals surface area contributed by atoms with Crippen LogP contribution in [0, 0.1) is 5.82 Å². The van der Waals surface area contributed by atoms with Crippen molar-refractivity contribution in [1.29, 1.82) is 0 Å². The van der Waals surface area contributed by atoms with E-state index in [-0.39, 0.29) is 5.82 Å². The van der Waals surface area contributed by atoms with E-state index in [4.69, 9.17) is 0 Å². The van der Waals surface area contributed by atoms with Gasteiger partial charge in [-0.2, -0.15) is 0 Å². The summed E-state index contributed by atoms with van der Waals surface area (Å²) < 4.78 is 13.4. The Morgan fingerprint density at radius 1 is 1.42 bits per heavy atom. The first-order valence-electron chi connectivity index (χ1n) is 4.20. The maximum Gasteiger partial charge on any atom is 0.123 e. The summed E-state index contributed by atoms with van der Waals surface area (Å²) in [6, 6.07) is 5.18. The van der Waals surface area contributed by atoms with E-state index < -0.39 is 0 Å². The Labute approximate surface area is 85.3 Å². The molecule has 1 aliphatic carbocycles. The molecule has 0 aliphatic heterocycles. The van der Waals surface area contributed by atoms with Crippen LogP contribution in [0.5, 0.6) is 0 Å². The van der Waals surface area contributed by atoms with Gasteiger partial charge in [0.25, 0.3) is 0 Å². The van der Waals surface area contributed by atoms with Gasteiger partial charge in [0.1, 0.15) is 5.82 Å². The van der Waals surface area contributed by atoms with Crippen molar-refractivity contribution in [3.8, 4) is 0 Å². The van der Waals surface area contributed by atoms with Crippen molar-refractivity contribution in [1.82, 2.24) is 0 Å². The lowest BCUT2D eigenvalue weighted by Gasteiger charge is -2.20. The predicted octanol–water partition coefficient (Wildman–Crippen LogP) is 3.64. The smallest absolute Gasteiger partial charge is 0.123 e. The first kappa shape index (κ1) is 8.48. The molecule has 2 rings (SSSR count). The highest BCUT2D eigenvalue weighted by molar-refractivity contribution is 14.1. The molecule has 0 nitrogen and oxygen atoms in total. The van der Waals surface area contributed by atoms with Gasteiger partial charge >= 0.3 is 0 Å². The maximum absolute atomic E-state index is 12.9. The van der Waals surface area contributed by atoms with E-state index in [2.05, 4.69) is 22.6 Å². The second-order valence-electron chi connectivity index (χ2n) is 3.20. The van der Waals surface area contributed by atoms with Gasteiger partial charge in [0.15, 0.2) is 0 Å². The third-order valence-electron chi connectivity index (χ3n) is 2.35. The van der Waals surface area contributed by atoms with Gasteiger partial charge in [-0.3, -0.25) is 0 Å². The fourth-order valence-electron chi connectivity index (χ4n) is 1.71. The van der Waals surface area contributed by atoms with Gasteiger partial charge < -0.3 is 0 Å². The third kappa shape index (κ3) is 1.49. The van der Waals surface area contributed by atoms with Crippen LogP contribution in [0.2, 0.25) is 0 Å². The predicted molar refractivity (Wildman–Crippen MR) is 56.1 cm³/mol. The fraction of sp³-hybridized carbons (Fsp3) is 0.400. The molecule has 0 N–H and O–H groups in total. The summed E-state index contributed by atoms with van der Waals surface area (Å²) in [6.07, 6.45) is 3.55. The Kier molecular flexibility index (Phi) is 2.35. The number of alkyl halides is 1. The maximum atomic E-state index is 12.9. The highest BCUT2D eigenvalue weighted by atomic mass is 127. The molecule has 1 aromatic carbocycles. The second kappa shape index (κ2) is 3.32. The molecule has 0 bridgehead atoms. The van der Waals surface area contributed by atoms with Crippen LogP contribution >= 0.6 is 22.6 Å². The summed E-state index contributed by atoms with van der Waals surface area (Å²) in [5, 5.41) is 0. The lowest BCUT2D eigenvalue weighted by Crippen LogP contribution is -2.04. The summed E-state index contributed by atoms with van der Waals surface area (Å²) in [6.45, 7) is 0. The fourth-order valence-corrected chi connectivity index (χ4v) is 2.73. The molecular formula is C10H10FI. The van der Waals surface area contributed by atoms with E-state index in [0.29, 0.717) is 3.92 Å². The Morgan fingerprint density at radius 3 is 3.08 bits per heavy atom. The largest absolute Gasteiger partial charge is 0.207 e. The van der Waals surface area contributed by atoms with Crippen molar-refractivity contribution in [2.45, 2.75) is 23.2 Å². The van der Waals surface area contributed by atoms with Crippen LogP contribution in [0.4, 0.5) is 4.39 Å². The van der Waals surface area contributed by atoms with Crippen molar-refractivity contribution < 1.29 is 4.39 Å². The highest BCUT2D eigenvalue weighted by Gasteiger charge is 2.17. The number of hydrogen-bond acceptors (Lipinski definition) is 0. The Morgan fingerprint density at radius 2 is 2.25 bits per heavy atom. The molecule has 0 amide bonds. The minimum atomic E-state index is -0.0997. The molecule has 0 heterocycles. The van der Waals surface area contributed by atoms with Gasteiger partial charge in [-0.05, 0) is 42.5 Å². The van der Waals surface area contributed by atoms with Crippen LogP contribution in [0.25, 0.3) is 0 Å². The summed E-state index contributed by atoms with van der Waals surface area (Å²) in [4.78, 5) is 0. The molecule has 0 radical (unpaired) electrons. The van der Waals surface area contributed by atoms with E-state index in [1.165, 1.54) is 24.0 Å². The molecule has 12 heavy (non-hydrogen) atoms. The molecule has 0 aromatic heterocycles. The number of benzene rings is 1. The Hall–Kier alpha value is -0.120. The van der Waals surface area contributed by atoms with Crippen LogP contribution in [0.3, 0.4) is 0 Å². The summed E-state index contributed by atoms with van der Waals surface area (Å²) in [5.41, 5.74) is 2.55. The molecule has 0 saturated heterocycles. The van der Waals surface area contributed by atoms with Gasteiger partial charge in [0, 0.05) is 3.92 Å². The van der Waals surface area contributed by atoms with E-state index in [1.807, 2.05) is 6.07 Å². The minimum Gasteiger partial charge on any atom is -0.207 e. The first-order chi connectivity index (χ1) is 5.77. The summed E-state index contributed by atoms with van der Waals surface area (Å²) in [5.74, 6) is -0.0997.